The molecule has 34 heavy (non-hydrogen) atoms. The van der Waals surface area contributed by atoms with Gasteiger partial charge in [-0.05, 0) is 43.3 Å². The van der Waals surface area contributed by atoms with Crippen LogP contribution in [0.4, 0.5) is 22.2 Å². The molecule has 1 aromatic heterocycles. The molecule has 0 fully saturated rings. The van der Waals surface area contributed by atoms with Gasteiger partial charge in [0.05, 0.1) is 19.4 Å². The number of hydrogen-bond acceptors (Lipinski definition) is 6. The van der Waals surface area contributed by atoms with Crippen molar-refractivity contribution in [1.29, 1.82) is 0 Å². The highest BCUT2D eigenvalue weighted by Crippen LogP contribution is 2.30. The number of halogens is 3. The SMILES string of the molecule is COCC(C)Nc1nccc(N(C(=O)NCc2c(Cl)cc(Cl)cc2Cl)c2ccc(OC)cc2)n1. The molecule has 180 valence electrons. The summed E-state index contributed by atoms with van der Waals surface area (Å²) in [6.07, 6.45) is 1.57. The van der Waals surface area contributed by atoms with E-state index >= 15 is 0 Å². The van der Waals surface area contributed by atoms with Crippen LogP contribution in [-0.4, -0.2) is 42.9 Å². The maximum Gasteiger partial charge on any atom is 0.327 e. The van der Waals surface area contributed by atoms with Crippen molar-refractivity contribution < 1.29 is 14.3 Å². The molecule has 1 atom stereocenters. The smallest absolute Gasteiger partial charge is 0.327 e. The highest BCUT2D eigenvalue weighted by molar-refractivity contribution is 6.39. The maximum atomic E-state index is 13.4. The maximum absolute atomic E-state index is 13.4. The molecular weight excluding hydrogens is 501 g/mol. The lowest BCUT2D eigenvalue weighted by Gasteiger charge is -2.23. The van der Waals surface area contributed by atoms with Crippen molar-refractivity contribution in [2.45, 2.75) is 19.5 Å². The lowest BCUT2D eigenvalue weighted by atomic mass is 10.2. The Morgan fingerprint density at radius 2 is 1.76 bits per heavy atom. The first kappa shape index (κ1) is 25.8. The molecule has 8 nitrogen and oxygen atoms in total. The number of carbonyl (C=O) groups excluding carboxylic acids is 1. The van der Waals surface area contributed by atoms with E-state index in [0.717, 1.165) is 0 Å². The van der Waals surface area contributed by atoms with Gasteiger partial charge >= 0.3 is 6.03 Å². The predicted octanol–water partition coefficient (Wildman–Crippen LogP) is 5.94. The molecule has 2 N–H and O–H groups in total. The lowest BCUT2D eigenvalue weighted by molar-refractivity contribution is 0.190. The van der Waals surface area contributed by atoms with Crippen LogP contribution in [0.15, 0.2) is 48.7 Å². The molecule has 2 amide bonds. The van der Waals surface area contributed by atoms with Gasteiger partial charge in [-0.2, -0.15) is 4.98 Å². The molecule has 1 unspecified atom stereocenters. The highest BCUT2D eigenvalue weighted by Gasteiger charge is 2.21. The van der Waals surface area contributed by atoms with Crippen LogP contribution in [0.25, 0.3) is 0 Å². The van der Waals surface area contributed by atoms with E-state index in [2.05, 4.69) is 20.6 Å². The van der Waals surface area contributed by atoms with Crippen LogP contribution < -0.4 is 20.3 Å². The van der Waals surface area contributed by atoms with Gasteiger partial charge in [-0.15, -0.1) is 0 Å². The Hall–Kier alpha value is -2.78. The zero-order valence-electron chi connectivity index (χ0n) is 18.8. The lowest BCUT2D eigenvalue weighted by Crippen LogP contribution is -2.37. The molecule has 3 rings (SSSR count). The van der Waals surface area contributed by atoms with Gasteiger partial charge in [-0.25, -0.2) is 14.7 Å². The van der Waals surface area contributed by atoms with Crippen LogP contribution in [0.2, 0.25) is 15.1 Å². The number of ether oxygens (including phenoxy) is 2. The van der Waals surface area contributed by atoms with Gasteiger partial charge in [0.1, 0.15) is 11.6 Å². The summed E-state index contributed by atoms with van der Waals surface area (Å²) in [6.45, 7) is 2.49. The Labute approximate surface area is 213 Å². The number of methoxy groups -OCH3 is 2. The molecule has 0 aliphatic rings. The van der Waals surface area contributed by atoms with E-state index in [1.54, 1.807) is 62.9 Å². The van der Waals surface area contributed by atoms with Gasteiger partial charge in [-0.3, -0.25) is 0 Å². The second-order valence-electron chi connectivity index (χ2n) is 7.28. The first-order valence-electron chi connectivity index (χ1n) is 10.3. The van der Waals surface area contributed by atoms with E-state index in [1.807, 2.05) is 6.92 Å². The molecule has 0 radical (unpaired) electrons. The number of nitrogens with zero attached hydrogens (tertiary/aromatic N) is 3. The second kappa shape index (κ2) is 12.1. The van der Waals surface area contributed by atoms with Crippen LogP contribution in [0, 0.1) is 0 Å². The number of carbonyl (C=O) groups is 1. The van der Waals surface area contributed by atoms with Gasteiger partial charge in [-0.1, -0.05) is 34.8 Å². The summed E-state index contributed by atoms with van der Waals surface area (Å²) in [4.78, 5) is 23.6. The van der Waals surface area contributed by atoms with E-state index < -0.39 is 6.03 Å². The van der Waals surface area contributed by atoms with Crippen molar-refractivity contribution in [1.82, 2.24) is 15.3 Å². The number of nitrogens with one attached hydrogen (secondary N) is 2. The molecule has 3 aromatic rings. The van der Waals surface area contributed by atoms with E-state index in [4.69, 9.17) is 44.3 Å². The van der Waals surface area contributed by atoms with Crippen LogP contribution in [0.1, 0.15) is 12.5 Å². The first-order valence-corrected chi connectivity index (χ1v) is 11.4. The van der Waals surface area contributed by atoms with Crippen molar-refractivity contribution in [2.75, 3.05) is 31.0 Å². The number of hydrogen-bond donors (Lipinski definition) is 2. The van der Waals surface area contributed by atoms with Gasteiger partial charge < -0.3 is 20.1 Å². The van der Waals surface area contributed by atoms with Crippen LogP contribution in [0.5, 0.6) is 5.75 Å². The van der Waals surface area contributed by atoms with Crippen molar-refractivity contribution in [2.24, 2.45) is 0 Å². The minimum Gasteiger partial charge on any atom is -0.497 e. The average molecular weight is 525 g/mol. The summed E-state index contributed by atoms with van der Waals surface area (Å²) in [5.74, 6) is 1.37. The molecule has 1 heterocycles. The quantitative estimate of drug-likeness (QED) is 0.360. The highest BCUT2D eigenvalue weighted by atomic mass is 35.5. The van der Waals surface area contributed by atoms with Crippen LogP contribution >= 0.6 is 34.8 Å². The number of benzene rings is 2. The molecular formula is C23H24Cl3N5O3. The third-order valence-electron chi connectivity index (χ3n) is 4.72. The Morgan fingerprint density at radius 3 is 2.38 bits per heavy atom. The van der Waals surface area contributed by atoms with E-state index in [1.165, 1.54) is 4.90 Å². The molecule has 0 aliphatic carbocycles. The number of amides is 2. The number of anilines is 3. The van der Waals surface area contributed by atoms with Gasteiger partial charge in [0.25, 0.3) is 0 Å². The first-order chi connectivity index (χ1) is 16.3. The van der Waals surface area contributed by atoms with E-state index in [0.29, 0.717) is 50.4 Å². The summed E-state index contributed by atoms with van der Waals surface area (Å²) < 4.78 is 10.4. The minimum absolute atomic E-state index is 0.0299. The van der Waals surface area contributed by atoms with Crippen molar-refractivity contribution >= 4 is 58.3 Å². The molecule has 0 saturated carbocycles. The van der Waals surface area contributed by atoms with E-state index in [-0.39, 0.29) is 12.6 Å². The number of urea groups is 1. The third kappa shape index (κ3) is 6.64. The molecule has 2 aromatic carbocycles. The zero-order valence-corrected chi connectivity index (χ0v) is 21.1. The molecule has 0 saturated heterocycles. The second-order valence-corrected chi connectivity index (χ2v) is 8.53. The predicted molar refractivity (Wildman–Crippen MR) is 136 cm³/mol. The Balaban J connectivity index is 1.90. The van der Waals surface area contributed by atoms with Gasteiger partial charge in [0.15, 0.2) is 0 Å². The third-order valence-corrected chi connectivity index (χ3v) is 5.61. The Bertz CT molecular complexity index is 1110. The fourth-order valence-electron chi connectivity index (χ4n) is 3.12. The fraction of sp³-hybridized carbons (Fsp3) is 0.261. The molecule has 0 bridgehead atoms. The summed E-state index contributed by atoms with van der Waals surface area (Å²) in [6, 6.07) is 11.3. The van der Waals surface area contributed by atoms with E-state index in [9.17, 15) is 4.79 Å². The van der Waals surface area contributed by atoms with Crippen molar-refractivity contribution in [3.05, 3.63) is 69.3 Å². The number of rotatable bonds is 9. The summed E-state index contributed by atoms with van der Waals surface area (Å²) in [7, 11) is 3.19. The monoisotopic (exact) mass is 523 g/mol. The van der Waals surface area contributed by atoms with Crippen molar-refractivity contribution in [3.8, 4) is 5.75 Å². The topological polar surface area (TPSA) is 88.6 Å². The Kier molecular flexibility index (Phi) is 9.18. The summed E-state index contributed by atoms with van der Waals surface area (Å²) in [5.41, 5.74) is 1.12. The molecule has 11 heteroatoms. The summed E-state index contributed by atoms with van der Waals surface area (Å²) in [5, 5.41) is 7.12. The van der Waals surface area contributed by atoms with Gasteiger partial charge in [0.2, 0.25) is 5.95 Å². The Morgan fingerprint density at radius 1 is 1.09 bits per heavy atom. The molecule has 0 aliphatic heterocycles. The summed E-state index contributed by atoms with van der Waals surface area (Å²) >= 11 is 18.5. The fourth-order valence-corrected chi connectivity index (χ4v) is 4.07. The van der Waals surface area contributed by atoms with Gasteiger partial charge in [0, 0.05) is 52.6 Å². The zero-order chi connectivity index (χ0) is 24.7. The van der Waals surface area contributed by atoms with Crippen molar-refractivity contribution in [3.63, 3.8) is 0 Å². The molecule has 0 spiro atoms. The standard InChI is InChI=1S/C23H24Cl3N5O3/c1-14(13-33-2)29-22-27-9-8-21(30-22)31(16-4-6-17(34-3)7-5-16)23(32)28-12-18-19(25)10-15(24)11-20(18)26/h4-11,14H,12-13H2,1-3H3,(H,28,32)(H,27,29,30). The normalized spacial score (nSPS) is 11.6. The minimum atomic E-state index is -0.443. The average Bonchev–Trinajstić information content (AvgIpc) is 2.79. The number of aromatic nitrogens is 2. The largest absolute Gasteiger partial charge is 0.497 e. The van der Waals surface area contributed by atoms with Crippen LogP contribution in [0.3, 0.4) is 0 Å². The van der Waals surface area contributed by atoms with Crippen LogP contribution in [-0.2, 0) is 11.3 Å².